The molecule has 33 heavy (non-hydrogen) atoms. The summed E-state index contributed by atoms with van der Waals surface area (Å²) >= 11 is 0. The molecule has 2 amide bonds. The molecule has 0 bridgehead atoms. The Balaban J connectivity index is 1.32. The van der Waals surface area contributed by atoms with E-state index in [0.717, 1.165) is 51.0 Å². The van der Waals surface area contributed by atoms with Crippen molar-refractivity contribution in [2.45, 2.75) is 70.0 Å². The molecule has 5 heteroatoms. The molecule has 2 aromatic rings. The van der Waals surface area contributed by atoms with Crippen LogP contribution < -0.4 is 5.32 Å². The molecule has 1 saturated carbocycles. The number of piperidine rings is 1. The topological polar surface area (TPSA) is 52.7 Å². The molecule has 2 heterocycles. The van der Waals surface area contributed by atoms with Gasteiger partial charge in [0.2, 0.25) is 5.91 Å². The SMILES string of the molecule is O=C(Nc1cccc(CN2CCCCC2)c1)C1CC2CCCCC2N1C(=O)c1ccccc1. The number of fused-ring (bicyclic) bond motifs is 1. The first-order chi connectivity index (χ1) is 16.2. The summed E-state index contributed by atoms with van der Waals surface area (Å²) in [5.74, 6) is 0.361. The van der Waals surface area contributed by atoms with Gasteiger partial charge in [-0.3, -0.25) is 14.5 Å². The van der Waals surface area contributed by atoms with E-state index in [0.29, 0.717) is 11.5 Å². The van der Waals surface area contributed by atoms with Gasteiger partial charge in [-0.1, -0.05) is 49.6 Å². The number of benzene rings is 2. The molecule has 3 fully saturated rings. The van der Waals surface area contributed by atoms with Crippen LogP contribution in [0.3, 0.4) is 0 Å². The molecule has 0 spiro atoms. The zero-order valence-corrected chi connectivity index (χ0v) is 19.4. The van der Waals surface area contributed by atoms with E-state index in [1.807, 2.05) is 47.4 Å². The van der Waals surface area contributed by atoms with E-state index in [-0.39, 0.29) is 17.9 Å². The molecule has 174 valence electrons. The Labute approximate surface area is 197 Å². The molecule has 0 aromatic heterocycles. The van der Waals surface area contributed by atoms with Gasteiger partial charge in [0.15, 0.2) is 0 Å². The number of nitrogens with zero attached hydrogens (tertiary/aromatic N) is 2. The van der Waals surface area contributed by atoms with Crippen LogP contribution in [0.1, 0.15) is 67.3 Å². The van der Waals surface area contributed by atoms with E-state index < -0.39 is 6.04 Å². The lowest BCUT2D eigenvalue weighted by Gasteiger charge is -2.33. The van der Waals surface area contributed by atoms with Crippen molar-refractivity contribution in [3.05, 3.63) is 65.7 Å². The van der Waals surface area contributed by atoms with Crippen LogP contribution in [0.4, 0.5) is 5.69 Å². The molecular formula is C28H35N3O2. The Morgan fingerprint density at radius 2 is 1.67 bits per heavy atom. The first-order valence-corrected chi connectivity index (χ1v) is 12.7. The second-order valence-corrected chi connectivity index (χ2v) is 9.97. The summed E-state index contributed by atoms with van der Waals surface area (Å²) in [6.45, 7) is 3.23. The summed E-state index contributed by atoms with van der Waals surface area (Å²) in [5, 5.41) is 3.16. The predicted octanol–water partition coefficient (Wildman–Crippen LogP) is 5.08. The van der Waals surface area contributed by atoms with Crippen molar-refractivity contribution in [3.8, 4) is 0 Å². The van der Waals surface area contributed by atoms with Crippen LogP contribution in [-0.2, 0) is 11.3 Å². The van der Waals surface area contributed by atoms with E-state index in [1.165, 1.54) is 31.2 Å². The van der Waals surface area contributed by atoms with Gasteiger partial charge < -0.3 is 10.2 Å². The van der Waals surface area contributed by atoms with Gasteiger partial charge in [-0.25, -0.2) is 0 Å². The minimum Gasteiger partial charge on any atom is -0.324 e. The van der Waals surface area contributed by atoms with Crippen molar-refractivity contribution in [1.29, 1.82) is 0 Å². The van der Waals surface area contributed by atoms with Crippen molar-refractivity contribution < 1.29 is 9.59 Å². The maximum absolute atomic E-state index is 13.5. The fraction of sp³-hybridized carbons (Fsp3) is 0.500. The van der Waals surface area contributed by atoms with Gasteiger partial charge in [0.1, 0.15) is 6.04 Å². The zero-order valence-electron chi connectivity index (χ0n) is 19.4. The van der Waals surface area contributed by atoms with E-state index in [4.69, 9.17) is 0 Å². The molecule has 2 saturated heterocycles. The summed E-state index contributed by atoms with van der Waals surface area (Å²) in [7, 11) is 0. The molecule has 5 rings (SSSR count). The van der Waals surface area contributed by atoms with Crippen LogP contribution in [-0.4, -0.2) is 46.8 Å². The number of carbonyl (C=O) groups is 2. The number of nitrogens with one attached hydrogen (secondary N) is 1. The normalized spacial score (nSPS) is 25.5. The molecule has 2 aliphatic heterocycles. The highest BCUT2D eigenvalue weighted by Gasteiger charge is 2.47. The Hall–Kier alpha value is -2.66. The fourth-order valence-corrected chi connectivity index (χ4v) is 6.06. The molecule has 1 N–H and O–H groups in total. The number of amides is 2. The standard InChI is InChI=1S/C28H35N3O2/c32-27(29-24-14-9-10-21(18-24)20-30-16-7-2-8-17-30)26-19-23-13-5-6-15-25(23)31(26)28(33)22-11-3-1-4-12-22/h1,3-4,9-12,14,18,23,25-26H,2,5-8,13,15-17,19-20H2,(H,29,32). The van der Waals surface area contributed by atoms with Gasteiger partial charge in [0.05, 0.1) is 0 Å². The Kier molecular flexibility index (Phi) is 6.77. The number of likely N-dealkylation sites (tertiary alicyclic amines) is 2. The van der Waals surface area contributed by atoms with Crippen molar-refractivity contribution in [2.75, 3.05) is 18.4 Å². The number of carbonyl (C=O) groups excluding carboxylic acids is 2. The van der Waals surface area contributed by atoms with Crippen LogP contribution >= 0.6 is 0 Å². The maximum atomic E-state index is 13.5. The first kappa shape index (κ1) is 22.1. The van der Waals surface area contributed by atoms with Crippen LogP contribution in [0.25, 0.3) is 0 Å². The minimum atomic E-state index is -0.406. The van der Waals surface area contributed by atoms with Crippen molar-refractivity contribution in [3.63, 3.8) is 0 Å². The van der Waals surface area contributed by atoms with E-state index in [9.17, 15) is 9.59 Å². The first-order valence-electron chi connectivity index (χ1n) is 12.7. The molecule has 1 aliphatic carbocycles. The van der Waals surface area contributed by atoms with Gasteiger partial charge >= 0.3 is 0 Å². The quantitative estimate of drug-likeness (QED) is 0.698. The van der Waals surface area contributed by atoms with Crippen LogP contribution in [0, 0.1) is 5.92 Å². The van der Waals surface area contributed by atoms with Crippen molar-refractivity contribution >= 4 is 17.5 Å². The van der Waals surface area contributed by atoms with E-state index >= 15 is 0 Å². The molecule has 5 nitrogen and oxygen atoms in total. The summed E-state index contributed by atoms with van der Waals surface area (Å²) in [6, 6.07) is 17.4. The summed E-state index contributed by atoms with van der Waals surface area (Å²) < 4.78 is 0. The van der Waals surface area contributed by atoms with Gasteiger partial charge in [-0.05, 0) is 80.9 Å². The van der Waals surface area contributed by atoms with E-state index in [1.54, 1.807) is 0 Å². The monoisotopic (exact) mass is 445 g/mol. The lowest BCUT2D eigenvalue weighted by atomic mass is 9.84. The van der Waals surface area contributed by atoms with Gasteiger partial charge in [-0.15, -0.1) is 0 Å². The molecular weight excluding hydrogens is 410 g/mol. The molecule has 0 radical (unpaired) electrons. The summed E-state index contributed by atoms with van der Waals surface area (Å²) in [6.07, 6.45) is 9.07. The van der Waals surface area contributed by atoms with Crippen molar-refractivity contribution in [1.82, 2.24) is 9.80 Å². The highest BCUT2D eigenvalue weighted by atomic mass is 16.2. The highest BCUT2D eigenvalue weighted by Crippen LogP contribution is 2.41. The summed E-state index contributed by atoms with van der Waals surface area (Å²) in [5.41, 5.74) is 2.73. The molecule has 3 unspecified atom stereocenters. The van der Waals surface area contributed by atoms with Crippen LogP contribution in [0.2, 0.25) is 0 Å². The van der Waals surface area contributed by atoms with Gasteiger partial charge in [0.25, 0.3) is 5.91 Å². The van der Waals surface area contributed by atoms with E-state index in [2.05, 4.69) is 22.3 Å². The third kappa shape index (κ3) is 4.98. The van der Waals surface area contributed by atoms with Crippen LogP contribution in [0.5, 0.6) is 0 Å². The highest BCUT2D eigenvalue weighted by molar-refractivity contribution is 6.01. The third-order valence-electron chi connectivity index (χ3n) is 7.70. The molecule has 2 aromatic carbocycles. The van der Waals surface area contributed by atoms with Gasteiger partial charge in [0, 0.05) is 23.8 Å². The average molecular weight is 446 g/mol. The number of hydrogen-bond acceptors (Lipinski definition) is 3. The fourth-order valence-electron chi connectivity index (χ4n) is 6.06. The number of anilines is 1. The summed E-state index contributed by atoms with van der Waals surface area (Å²) in [4.78, 5) is 31.4. The second kappa shape index (κ2) is 10.1. The van der Waals surface area contributed by atoms with Crippen LogP contribution in [0.15, 0.2) is 54.6 Å². The maximum Gasteiger partial charge on any atom is 0.254 e. The second-order valence-electron chi connectivity index (χ2n) is 9.97. The molecule has 3 atom stereocenters. The molecule has 3 aliphatic rings. The lowest BCUT2D eigenvalue weighted by molar-refractivity contribution is -0.120. The van der Waals surface area contributed by atoms with Crippen molar-refractivity contribution in [2.24, 2.45) is 5.92 Å². The number of hydrogen-bond donors (Lipinski definition) is 1. The minimum absolute atomic E-state index is 0.0102. The zero-order chi connectivity index (χ0) is 22.6. The Bertz CT molecular complexity index is 970. The lowest BCUT2D eigenvalue weighted by Crippen LogP contribution is -2.47. The third-order valence-corrected chi connectivity index (χ3v) is 7.70. The Morgan fingerprint density at radius 3 is 2.48 bits per heavy atom. The van der Waals surface area contributed by atoms with Gasteiger partial charge in [-0.2, -0.15) is 0 Å². The smallest absolute Gasteiger partial charge is 0.254 e. The average Bonchev–Trinajstić information content (AvgIpc) is 3.25. The largest absolute Gasteiger partial charge is 0.324 e. The Morgan fingerprint density at radius 1 is 0.879 bits per heavy atom. The predicted molar refractivity (Wildman–Crippen MR) is 131 cm³/mol. The number of rotatable bonds is 5.